The van der Waals surface area contributed by atoms with Crippen molar-refractivity contribution in [3.63, 3.8) is 0 Å². The summed E-state index contributed by atoms with van der Waals surface area (Å²) in [6, 6.07) is -0.523. The molecule has 3 rings (SSSR count). The minimum Gasteiger partial charge on any atom is -0.454 e. The normalized spacial score (nSPS) is 26.4. The third-order valence-corrected chi connectivity index (χ3v) is 4.73. The summed E-state index contributed by atoms with van der Waals surface area (Å²) in [4.78, 5) is 61.3. The summed E-state index contributed by atoms with van der Waals surface area (Å²) in [5.41, 5.74) is 0. The molecule has 3 fully saturated rings. The van der Waals surface area contributed by atoms with Crippen LogP contribution in [0.5, 0.6) is 0 Å². The van der Waals surface area contributed by atoms with Crippen molar-refractivity contribution < 1.29 is 28.7 Å². The highest BCUT2D eigenvalue weighted by atomic mass is 16.5. The van der Waals surface area contributed by atoms with Gasteiger partial charge in [-0.15, -0.1) is 0 Å². The molecule has 0 radical (unpaired) electrons. The van der Waals surface area contributed by atoms with Gasteiger partial charge in [-0.3, -0.25) is 29.0 Å². The molecule has 5 amide bonds. The van der Waals surface area contributed by atoms with Crippen LogP contribution in [0.1, 0.15) is 25.7 Å². The van der Waals surface area contributed by atoms with Crippen LogP contribution in [0.3, 0.4) is 0 Å². The number of amides is 5. The first-order chi connectivity index (χ1) is 11.5. The number of fused-ring (bicyclic) bond motifs is 1. The predicted octanol–water partition coefficient (Wildman–Crippen LogP) is -0.743. The number of carbonyl (C=O) groups is 5. The number of imide groups is 2. The molecule has 1 N–H and O–H groups in total. The van der Waals surface area contributed by atoms with E-state index >= 15 is 0 Å². The molecule has 0 unspecified atom stereocenters. The van der Waals surface area contributed by atoms with Gasteiger partial charge >= 0.3 is 12.0 Å². The van der Waals surface area contributed by atoms with Gasteiger partial charge in [-0.25, -0.2) is 4.79 Å². The van der Waals surface area contributed by atoms with Crippen molar-refractivity contribution in [2.24, 2.45) is 11.8 Å². The van der Waals surface area contributed by atoms with Crippen LogP contribution >= 0.6 is 0 Å². The van der Waals surface area contributed by atoms with Crippen molar-refractivity contribution in [3.8, 4) is 0 Å². The van der Waals surface area contributed by atoms with E-state index in [-0.39, 0.29) is 30.2 Å². The van der Waals surface area contributed by atoms with Gasteiger partial charge in [0.25, 0.3) is 5.91 Å². The van der Waals surface area contributed by atoms with Crippen molar-refractivity contribution in [1.29, 1.82) is 0 Å². The lowest BCUT2D eigenvalue weighted by atomic mass is 9.81. The van der Waals surface area contributed by atoms with Crippen LogP contribution in [0.15, 0.2) is 0 Å². The zero-order valence-electron chi connectivity index (χ0n) is 13.2. The van der Waals surface area contributed by atoms with Crippen LogP contribution in [0.25, 0.3) is 0 Å². The summed E-state index contributed by atoms with van der Waals surface area (Å²) in [6.07, 6.45) is 3.16. The molecule has 0 bridgehead atoms. The van der Waals surface area contributed by atoms with E-state index in [0.717, 1.165) is 22.6 Å². The quantitative estimate of drug-likeness (QED) is 0.534. The van der Waals surface area contributed by atoms with E-state index < -0.39 is 31.1 Å². The lowest BCUT2D eigenvalue weighted by Gasteiger charge is -2.19. The van der Waals surface area contributed by atoms with Crippen LogP contribution < -0.4 is 5.32 Å². The molecule has 2 saturated heterocycles. The Bertz CT molecular complexity index is 580. The highest BCUT2D eigenvalue weighted by molar-refractivity contribution is 6.07. The van der Waals surface area contributed by atoms with Gasteiger partial charge in [0.2, 0.25) is 11.8 Å². The number of ether oxygens (including phenoxy) is 1. The summed E-state index contributed by atoms with van der Waals surface area (Å²) in [6.45, 7) is -0.487. The van der Waals surface area contributed by atoms with E-state index in [1.54, 1.807) is 0 Å². The summed E-state index contributed by atoms with van der Waals surface area (Å²) in [5.74, 6) is -2.77. The van der Waals surface area contributed by atoms with Crippen LogP contribution in [0.2, 0.25) is 0 Å². The molecule has 2 heterocycles. The second kappa shape index (κ2) is 6.58. The third kappa shape index (κ3) is 2.98. The Hall–Kier alpha value is -2.45. The molecule has 9 nitrogen and oxygen atoms in total. The molecule has 1 aliphatic carbocycles. The van der Waals surface area contributed by atoms with Gasteiger partial charge < -0.3 is 10.1 Å². The molecular formula is C15H19N3O6. The minimum absolute atomic E-state index is 0.224. The Morgan fingerprint density at radius 2 is 1.71 bits per heavy atom. The van der Waals surface area contributed by atoms with Gasteiger partial charge in [-0.1, -0.05) is 12.8 Å². The van der Waals surface area contributed by atoms with E-state index in [1.165, 1.54) is 0 Å². The Morgan fingerprint density at radius 1 is 1.08 bits per heavy atom. The van der Waals surface area contributed by atoms with Crippen molar-refractivity contribution in [2.75, 3.05) is 26.2 Å². The monoisotopic (exact) mass is 337 g/mol. The molecule has 0 spiro atoms. The molecule has 2 atom stereocenters. The zero-order valence-corrected chi connectivity index (χ0v) is 13.2. The summed E-state index contributed by atoms with van der Waals surface area (Å²) < 4.78 is 4.82. The van der Waals surface area contributed by atoms with Gasteiger partial charge in [0.1, 0.15) is 6.54 Å². The topological polar surface area (TPSA) is 113 Å². The Kier molecular flexibility index (Phi) is 4.50. The SMILES string of the molecule is O=C(CN1C(=O)[C@H]2CCCC[C@@H]2C1=O)OCC(=O)N1CCNC1=O. The van der Waals surface area contributed by atoms with Gasteiger partial charge in [-0.05, 0) is 12.8 Å². The number of hydrogen-bond donors (Lipinski definition) is 1. The first-order valence-corrected chi connectivity index (χ1v) is 8.08. The van der Waals surface area contributed by atoms with Gasteiger partial charge in [0, 0.05) is 13.1 Å². The fourth-order valence-corrected chi connectivity index (χ4v) is 3.49. The molecule has 3 aliphatic rings. The maximum Gasteiger partial charge on any atom is 0.326 e. The maximum absolute atomic E-state index is 12.2. The largest absolute Gasteiger partial charge is 0.454 e. The van der Waals surface area contributed by atoms with Gasteiger partial charge in [-0.2, -0.15) is 0 Å². The molecule has 2 aliphatic heterocycles. The first kappa shape index (κ1) is 16.4. The van der Waals surface area contributed by atoms with E-state index in [1.807, 2.05) is 0 Å². The average Bonchev–Trinajstić information content (AvgIpc) is 3.11. The number of nitrogens with zero attached hydrogens (tertiary/aromatic N) is 2. The van der Waals surface area contributed by atoms with E-state index in [0.29, 0.717) is 19.4 Å². The standard InChI is InChI=1S/C15H19N3O6/c19-11(17-6-5-16-15(17)23)8-24-12(20)7-18-13(21)9-3-1-2-4-10(9)14(18)22/h9-10H,1-8H2,(H,16,23)/t9-,10-/m0/s1. The Balaban J connectivity index is 1.51. The average molecular weight is 337 g/mol. The highest BCUT2D eigenvalue weighted by Crippen LogP contribution is 2.37. The molecule has 24 heavy (non-hydrogen) atoms. The van der Waals surface area contributed by atoms with Crippen molar-refractivity contribution >= 4 is 29.7 Å². The number of rotatable bonds is 4. The molecule has 0 aromatic carbocycles. The Labute approximate surface area is 138 Å². The van der Waals surface area contributed by atoms with Crippen LogP contribution in [-0.4, -0.2) is 65.8 Å². The van der Waals surface area contributed by atoms with E-state index in [4.69, 9.17) is 4.74 Å². The molecule has 9 heteroatoms. The zero-order chi connectivity index (χ0) is 17.3. The predicted molar refractivity (Wildman–Crippen MR) is 78.2 cm³/mol. The lowest BCUT2D eigenvalue weighted by molar-refractivity contribution is -0.156. The van der Waals surface area contributed by atoms with Crippen LogP contribution in [0, 0.1) is 11.8 Å². The number of carbonyl (C=O) groups excluding carboxylic acids is 5. The Morgan fingerprint density at radius 3 is 2.25 bits per heavy atom. The molecule has 1 saturated carbocycles. The van der Waals surface area contributed by atoms with E-state index in [9.17, 15) is 24.0 Å². The van der Waals surface area contributed by atoms with Crippen LogP contribution in [0.4, 0.5) is 4.79 Å². The fourth-order valence-electron chi connectivity index (χ4n) is 3.49. The molecule has 0 aromatic heterocycles. The minimum atomic E-state index is -0.830. The summed E-state index contributed by atoms with van der Waals surface area (Å²) >= 11 is 0. The van der Waals surface area contributed by atoms with Gasteiger partial charge in [0.05, 0.1) is 11.8 Å². The van der Waals surface area contributed by atoms with Crippen molar-refractivity contribution in [3.05, 3.63) is 0 Å². The molecule has 130 valence electrons. The van der Waals surface area contributed by atoms with E-state index in [2.05, 4.69) is 5.32 Å². The summed E-state index contributed by atoms with van der Waals surface area (Å²) in [5, 5.41) is 2.47. The molecular weight excluding hydrogens is 318 g/mol. The number of likely N-dealkylation sites (tertiary alicyclic amines) is 1. The third-order valence-electron chi connectivity index (χ3n) is 4.73. The van der Waals surface area contributed by atoms with Gasteiger partial charge in [0.15, 0.2) is 6.61 Å². The maximum atomic E-state index is 12.2. The molecule has 0 aromatic rings. The summed E-state index contributed by atoms with van der Waals surface area (Å²) in [7, 11) is 0. The lowest BCUT2D eigenvalue weighted by Crippen LogP contribution is -2.40. The fraction of sp³-hybridized carbons (Fsp3) is 0.667. The second-order valence-electron chi connectivity index (χ2n) is 6.20. The number of urea groups is 1. The van der Waals surface area contributed by atoms with Crippen LogP contribution in [-0.2, 0) is 23.9 Å². The number of esters is 1. The second-order valence-corrected chi connectivity index (χ2v) is 6.20. The first-order valence-electron chi connectivity index (χ1n) is 8.08. The number of hydrogen-bond acceptors (Lipinski definition) is 6. The van der Waals surface area contributed by atoms with Crippen molar-refractivity contribution in [2.45, 2.75) is 25.7 Å². The van der Waals surface area contributed by atoms with Crippen molar-refractivity contribution in [1.82, 2.24) is 15.1 Å². The smallest absolute Gasteiger partial charge is 0.326 e. The number of nitrogens with one attached hydrogen (secondary N) is 1. The highest BCUT2D eigenvalue weighted by Gasteiger charge is 2.48.